The van der Waals surface area contributed by atoms with E-state index in [4.69, 9.17) is 9.78 Å². The van der Waals surface area contributed by atoms with Gasteiger partial charge in [-0.05, 0) is 30.2 Å². The van der Waals surface area contributed by atoms with Gasteiger partial charge in [0, 0.05) is 12.6 Å². The summed E-state index contributed by atoms with van der Waals surface area (Å²) >= 11 is 0. The van der Waals surface area contributed by atoms with Crippen LogP contribution in [0.3, 0.4) is 0 Å². The Bertz CT molecular complexity index is 652. The zero-order valence-electron chi connectivity index (χ0n) is 13.1. The number of hydrogen-bond donors (Lipinski definition) is 1. The first-order valence-corrected chi connectivity index (χ1v) is 7.32. The van der Waals surface area contributed by atoms with Crippen molar-refractivity contribution in [3.8, 4) is 0 Å². The molecule has 120 valence electrons. The Morgan fingerprint density at radius 1 is 1.04 bits per heavy atom. The molecule has 0 aliphatic rings. The van der Waals surface area contributed by atoms with Crippen molar-refractivity contribution in [3.63, 3.8) is 0 Å². The van der Waals surface area contributed by atoms with Crippen LogP contribution in [0.25, 0.3) is 0 Å². The highest BCUT2D eigenvalue weighted by Crippen LogP contribution is 2.17. The van der Waals surface area contributed by atoms with Gasteiger partial charge in [-0.25, -0.2) is 4.79 Å². The third-order valence-electron chi connectivity index (χ3n) is 3.18. The Balaban J connectivity index is 1.81. The Morgan fingerprint density at radius 2 is 1.70 bits per heavy atom. The van der Waals surface area contributed by atoms with E-state index in [0.29, 0.717) is 5.69 Å². The molecule has 2 aromatic rings. The molecule has 0 aromatic heterocycles. The minimum Gasteiger partial charge on any atom is -0.326 e. The van der Waals surface area contributed by atoms with Crippen molar-refractivity contribution in [2.24, 2.45) is 0 Å². The predicted octanol–water partition coefficient (Wildman–Crippen LogP) is 3.42. The lowest BCUT2D eigenvalue weighted by molar-refractivity contribution is -0.296. The smallest absolute Gasteiger partial charge is 0.326 e. The third kappa shape index (κ3) is 5.56. The van der Waals surface area contributed by atoms with E-state index in [-0.39, 0.29) is 18.4 Å². The molecular formula is C18H19NO4. The minimum absolute atomic E-state index is 0.0991. The van der Waals surface area contributed by atoms with Crippen LogP contribution in [0.2, 0.25) is 0 Å². The Hall–Kier alpha value is -2.66. The van der Waals surface area contributed by atoms with E-state index in [1.807, 2.05) is 37.3 Å². The summed E-state index contributed by atoms with van der Waals surface area (Å²) in [5, 5.41) is 2.66. The van der Waals surface area contributed by atoms with E-state index < -0.39 is 5.97 Å². The van der Waals surface area contributed by atoms with Crippen molar-refractivity contribution in [3.05, 3.63) is 65.7 Å². The van der Waals surface area contributed by atoms with E-state index in [1.54, 1.807) is 24.3 Å². The highest BCUT2D eigenvalue weighted by molar-refractivity contribution is 5.88. The van der Waals surface area contributed by atoms with E-state index in [0.717, 1.165) is 11.1 Å². The van der Waals surface area contributed by atoms with Crippen molar-refractivity contribution in [2.75, 3.05) is 5.32 Å². The molecule has 0 fully saturated rings. The number of nitrogens with one attached hydrogen (secondary N) is 1. The maximum absolute atomic E-state index is 11.8. The maximum atomic E-state index is 11.8. The summed E-state index contributed by atoms with van der Waals surface area (Å²) in [6.07, 6.45) is -0.232. The molecule has 0 bridgehead atoms. The summed E-state index contributed by atoms with van der Waals surface area (Å²) in [4.78, 5) is 32.7. The fourth-order valence-corrected chi connectivity index (χ4v) is 2.01. The summed E-state index contributed by atoms with van der Waals surface area (Å²) in [6.45, 7) is 3.25. The lowest BCUT2D eigenvalue weighted by atomic mass is 10.1. The first-order valence-electron chi connectivity index (χ1n) is 7.32. The van der Waals surface area contributed by atoms with Gasteiger partial charge in [0.25, 0.3) is 0 Å². The number of rotatable bonds is 6. The molecular weight excluding hydrogens is 294 g/mol. The molecule has 1 amide bonds. The number of carbonyl (C=O) groups is 2. The molecule has 5 nitrogen and oxygen atoms in total. The lowest BCUT2D eigenvalue weighted by Crippen LogP contribution is -2.11. The minimum atomic E-state index is -0.472. The molecule has 2 rings (SSSR count). The number of anilines is 1. The van der Waals surface area contributed by atoms with Crippen molar-refractivity contribution in [1.29, 1.82) is 0 Å². The van der Waals surface area contributed by atoms with Gasteiger partial charge < -0.3 is 5.32 Å². The molecule has 1 unspecified atom stereocenters. The summed E-state index contributed by atoms with van der Waals surface area (Å²) < 4.78 is 0. The second-order valence-electron chi connectivity index (χ2n) is 5.16. The molecule has 1 N–H and O–H groups in total. The van der Waals surface area contributed by atoms with Crippen molar-refractivity contribution in [1.82, 2.24) is 0 Å². The standard InChI is InChI=1S/C18H19NO4/c1-13(16-6-4-3-5-7-16)22-23-18(21)12-15-8-10-17(11-9-15)19-14(2)20/h3-11,13H,12H2,1-2H3,(H,19,20). The van der Waals surface area contributed by atoms with Crippen molar-refractivity contribution in [2.45, 2.75) is 26.4 Å². The third-order valence-corrected chi connectivity index (χ3v) is 3.18. The van der Waals surface area contributed by atoms with Gasteiger partial charge in [-0.3, -0.25) is 9.68 Å². The quantitative estimate of drug-likeness (QED) is 0.655. The summed E-state index contributed by atoms with van der Waals surface area (Å²) in [5.74, 6) is -0.611. The normalized spacial score (nSPS) is 11.6. The maximum Gasteiger partial charge on any atom is 0.346 e. The van der Waals surface area contributed by atoms with Crippen LogP contribution in [0.15, 0.2) is 54.6 Å². The van der Waals surface area contributed by atoms with Gasteiger partial charge in [-0.15, -0.1) is 0 Å². The van der Waals surface area contributed by atoms with Gasteiger partial charge in [-0.2, -0.15) is 4.89 Å². The van der Waals surface area contributed by atoms with Crippen LogP contribution in [0.5, 0.6) is 0 Å². The molecule has 1 atom stereocenters. The van der Waals surface area contributed by atoms with Crippen LogP contribution in [-0.2, 0) is 25.8 Å². The van der Waals surface area contributed by atoms with Crippen LogP contribution in [-0.4, -0.2) is 11.9 Å². The van der Waals surface area contributed by atoms with Gasteiger partial charge in [0.15, 0.2) is 0 Å². The van der Waals surface area contributed by atoms with E-state index in [1.165, 1.54) is 6.92 Å². The van der Waals surface area contributed by atoms with E-state index in [2.05, 4.69) is 5.32 Å². The molecule has 0 aliphatic heterocycles. The van der Waals surface area contributed by atoms with E-state index in [9.17, 15) is 9.59 Å². The Labute approximate surface area is 135 Å². The van der Waals surface area contributed by atoms with E-state index >= 15 is 0 Å². The number of benzene rings is 2. The summed E-state index contributed by atoms with van der Waals surface area (Å²) in [7, 11) is 0. The fraction of sp³-hybridized carbons (Fsp3) is 0.222. The molecule has 2 aromatic carbocycles. The van der Waals surface area contributed by atoms with Crippen LogP contribution in [0.4, 0.5) is 5.69 Å². The highest BCUT2D eigenvalue weighted by Gasteiger charge is 2.11. The second-order valence-corrected chi connectivity index (χ2v) is 5.16. The van der Waals surface area contributed by atoms with Gasteiger partial charge in [0.2, 0.25) is 5.91 Å². The molecule has 0 saturated carbocycles. The van der Waals surface area contributed by atoms with Crippen LogP contribution < -0.4 is 5.32 Å². The molecule has 0 saturated heterocycles. The van der Waals surface area contributed by atoms with Gasteiger partial charge in [-0.1, -0.05) is 42.5 Å². The highest BCUT2D eigenvalue weighted by atomic mass is 17.2. The largest absolute Gasteiger partial charge is 0.346 e. The molecule has 0 radical (unpaired) electrons. The zero-order chi connectivity index (χ0) is 16.7. The second kappa shape index (κ2) is 8.10. The molecule has 0 spiro atoms. The van der Waals surface area contributed by atoms with Crippen LogP contribution in [0.1, 0.15) is 31.1 Å². The summed E-state index contributed by atoms with van der Waals surface area (Å²) in [5.41, 5.74) is 2.39. The fourth-order valence-electron chi connectivity index (χ4n) is 2.01. The SMILES string of the molecule is CC(=O)Nc1ccc(CC(=O)OOC(C)c2ccccc2)cc1. The Morgan fingerprint density at radius 3 is 2.30 bits per heavy atom. The lowest BCUT2D eigenvalue weighted by Gasteiger charge is -2.11. The number of carbonyl (C=O) groups excluding carboxylic acids is 2. The Kier molecular flexibility index (Phi) is 5.88. The average molecular weight is 313 g/mol. The van der Waals surface area contributed by atoms with Gasteiger partial charge in [0.05, 0.1) is 6.42 Å². The first kappa shape index (κ1) is 16.7. The topological polar surface area (TPSA) is 64.6 Å². The van der Waals surface area contributed by atoms with Crippen molar-refractivity contribution >= 4 is 17.6 Å². The number of amides is 1. The predicted molar refractivity (Wildman–Crippen MR) is 86.5 cm³/mol. The summed E-state index contributed by atoms with van der Waals surface area (Å²) in [6, 6.07) is 16.5. The zero-order valence-corrected chi connectivity index (χ0v) is 13.1. The molecule has 23 heavy (non-hydrogen) atoms. The van der Waals surface area contributed by atoms with Crippen molar-refractivity contribution < 1.29 is 19.4 Å². The molecule has 0 aliphatic carbocycles. The average Bonchev–Trinajstić information content (AvgIpc) is 2.55. The van der Waals surface area contributed by atoms with Gasteiger partial charge >= 0.3 is 5.97 Å². The van der Waals surface area contributed by atoms with Crippen LogP contribution in [0, 0.1) is 0 Å². The molecule has 5 heteroatoms. The van der Waals surface area contributed by atoms with Gasteiger partial charge in [0.1, 0.15) is 6.10 Å². The first-order chi connectivity index (χ1) is 11.0. The number of hydrogen-bond acceptors (Lipinski definition) is 4. The molecule has 0 heterocycles. The van der Waals surface area contributed by atoms with Crippen LogP contribution >= 0.6 is 0 Å². The monoisotopic (exact) mass is 313 g/mol.